The fraction of sp³-hybridized carbons (Fsp3) is 0.818. The van der Waals surface area contributed by atoms with Gasteiger partial charge in [-0.05, 0) is 24.9 Å². The van der Waals surface area contributed by atoms with Crippen molar-refractivity contribution < 1.29 is 0 Å². The lowest BCUT2D eigenvalue weighted by molar-refractivity contribution is 0.375. The second-order valence-corrected chi connectivity index (χ2v) is 4.81. The van der Waals surface area contributed by atoms with Gasteiger partial charge in [0.1, 0.15) is 0 Å². The molecule has 0 aliphatic carbocycles. The molecule has 3 N–H and O–H groups in total. The Morgan fingerprint density at radius 1 is 1.50 bits per heavy atom. The molecule has 0 heterocycles. The van der Waals surface area contributed by atoms with Gasteiger partial charge in [0.25, 0.3) is 0 Å². The number of hydrogen-bond donors (Lipinski definition) is 2. The van der Waals surface area contributed by atoms with Gasteiger partial charge in [-0.25, -0.2) is 0 Å². The predicted octanol–water partition coefficient (Wildman–Crippen LogP) is 1.17. The van der Waals surface area contributed by atoms with Gasteiger partial charge in [-0.2, -0.15) is 0 Å². The standard InChI is InChI=1S/C11H22N2S/c1-4-6-14-7-5-13-9-11(8-12)10(2)3/h1,10-11,13H,5-9,12H2,2-3H3. The Balaban J connectivity index is 3.30. The molecule has 1 atom stereocenters. The molecule has 0 amide bonds. The summed E-state index contributed by atoms with van der Waals surface area (Å²) in [7, 11) is 0. The van der Waals surface area contributed by atoms with E-state index in [1.54, 1.807) is 11.8 Å². The minimum Gasteiger partial charge on any atom is -0.330 e. The first-order chi connectivity index (χ1) is 6.72. The van der Waals surface area contributed by atoms with Gasteiger partial charge in [0.05, 0.1) is 5.75 Å². The number of nitrogens with one attached hydrogen (secondary N) is 1. The summed E-state index contributed by atoms with van der Waals surface area (Å²) in [6, 6.07) is 0. The molecule has 14 heavy (non-hydrogen) atoms. The average molecular weight is 214 g/mol. The number of thioether (sulfide) groups is 1. The second-order valence-electron chi connectivity index (χ2n) is 3.70. The highest BCUT2D eigenvalue weighted by atomic mass is 32.2. The largest absolute Gasteiger partial charge is 0.330 e. The normalized spacial score (nSPS) is 12.8. The predicted molar refractivity (Wildman–Crippen MR) is 66.4 cm³/mol. The van der Waals surface area contributed by atoms with Crippen LogP contribution in [0.2, 0.25) is 0 Å². The molecule has 82 valence electrons. The fourth-order valence-electron chi connectivity index (χ4n) is 1.15. The van der Waals surface area contributed by atoms with E-state index < -0.39 is 0 Å². The third-order valence-corrected chi connectivity index (χ3v) is 3.12. The zero-order valence-corrected chi connectivity index (χ0v) is 10.1. The molecule has 0 fully saturated rings. The van der Waals surface area contributed by atoms with Crippen molar-refractivity contribution in [3.05, 3.63) is 0 Å². The van der Waals surface area contributed by atoms with E-state index in [2.05, 4.69) is 25.1 Å². The highest BCUT2D eigenvalue weighted by Crippen LogP contribution is 2.07. The maximum Gasteiger partial charge on any atom is 0.0545 e. The summed E-state index contributed by atoms with van der Waals surface area (Å²) in [6.07, 6.45) is 5.14. The van der Waals surface area contributed by atoms with Crippen LogP contribution in [0.3, 0.4) is 0 Å². The molecule has 0 aliphatic heterocycles. The van der Waals surface area contributed by atoms with E-state index in [9.17, 15) is 0 Å². The Morgan fingerprint density at radius 3 is 2.71 bits per heavy atom. The minimum atomic E-state index is 0.590. The lowest BCUT2D eigenvalue weighted by atomic mass is 9.96. The molecule has 0 saturated heterocycles. The number of nitrogens with two attached hydrogens (primary N) is 1. The smallest absolute Gasteiger partial charge is 0.0545 e. The van der Waals surface area contributed by atoms with E-state index in [0.29, 0.717) is 11.8 Å². The SMILES string of the molecule is C#CCSCCNCC(CN)C(C)C. The summed E-state index contributed by atoms with van der Waals surface area (Å²) in [4.78, 5) is 0. The van der Waals surface area contributed by atoms with Crippen LogP contribution in [0.25, 0.3) is 0 Å². The summed E-state index contributed by atoms with van der Waals surface area (Å²) in [6.45, 7) is 7.24. The van der Waals surface area contributed by atoms with Crippen molar-refractivity contribution in [3.8, 4) is 12.3 Å². The molecule has 0 rings (SSSR count). The third kappa shape index (κ3) is 7.25. The van der Waals surface area contributed by atoms with E-state index in [4.69, 9.17) is 12.2 Å². The van der Waals surface area contributed by atoms with Crippen molar-refractivity contribution >= 4 is 11.8 Å². The summed E-state index contributed by atoms with van der Waals surface area (Å²) >= 11 is 1.79. The second kappa shape index (κ2) is 9.39. The van der Waals surface area contributed by atoms with E-state index in [0.717, 1.165) is 31.1 Å². The lowest BCUT2D eigenvalue weighted by Crippen LogP contribution is -2.32. The molecule has 0 aromatic carbocycles. The van der Waals surface area contributed by atoms with Gasteiger partial charge in [0.2, 0.25) is 0 Å². The molecule has 0 spiro atoms. The topological polar surface area (TPSA) is 38.0 Å². The quantitative estimate of drug-likeness (QED) is 0.470. The molecule has 3 heteroatoms. The van der Waals surface area contributed by atoms with Crippen LogP contribution in [0.4, 0.5) is 0 Å². The summed E-state index contributed by atoms with van der Waals surface area (Å²) < 4.78 is 0. The molecular formula is C11H22N2S. The lowest BCUT2D eigenvalue weighted by Gasteiger charge is -2.19. The van der Waals surface area contributed by atoms with Gasteiger partial charge in [0.15, 0.2) is 0 Å². The first-order valence-corrected chi connectivity index (χ1v) is 6.29. The van der Waals surface area contributed by atoms with Gasteiger partial charge in [-0.3, -0.25) is 0 Å². The first-order valence-electron chi connectivity index (χ1n) is 5.14. The van der Waals surface area contributed by atoms with Gasteiger partial charge in [0, 0.05) is 12.3 Å². The van der Waals surface area contributed by atoms with E-state index in [1.807, 2.05) is 0 Å². The highest BCUT2D eigenvalue weighted by Gasteiger charge is 2.09. The Kier molecular flexibility index (Phi) is 9.27. The van der Waals surface area contributed by atoms with Crippen molar-refractivity contribution in [2.75, 3.05) is 31.1 Å². The average Bonchev–Trinajstić information content (AvgIpc) is 2.16. The summed E-state index contributed by atoms with van der Waals surface area (Å²) in [5.41, 5.74) is 5.66. The van der Waals surface area contributed by atoms with Crippen molar-refractivity contribution in [2.24, 2.45) is 17.6 Å². The monoisotopic (exact) mass is 214 g/mol. The molecule has 0 aromatic rings. The molecule has 0 bridgehead atoms. The van der Waals surface area contributed by atoms with Crippen molar-refractivity contribution in [1.82, 2.24) is 5.32 Å². The maximum absolute atomic E-state index is 5.66. The van der Waals surface area contributed by atoms with Crippen LogP contribution in [0.5, 0.6) is 0 Å². The van der Waals surface area contributed by atoms with Gasteiger partial charge in [-0.1, -0.05) is 19.8 Å². The number of hydrogen-bond acceptors (Lipinski definition) is 3. The van der Waals surface area contributed by atoms with Crippen LogP contribution in [-0.4, -0.2) is 31.1 Å². The van der Waals surface area contributed by atoms with E-state index in [-0.39, 0.29) is 0 Å². The highest BCUT2D eigenvalue weighted by molar-refractivity contribution is 7.99. The van der Waals surface area contributed by atoms with Crippen LogP contribution in [0, 0.1) is 24.2 Å². The van der Waals surface area contributed by atoms with E-state index >= 15 is 0 Å². The van der Waals surface area contributed by atoms with Gasteiger partial charge < -0.3 is 11.1 Å². The Morgan fingerprint density at radius 2 is 2.21 bits per heavy atom. The molecule has 0 aromatic heterocycles. The Bertz CT molecular complexity index is 163. The van der Waals surface area contributed by atoms with Crippen molar-refractivity contribution in [1.29, 1.82) is 0 Å². The zero-order valence-electron chi connectivity index (χ0n) is 9.25. The van der Waals surface area contributed by atoms with Crippen LogP contribution in [0.15, 0.2) is 0 Å². The summed E-state index contributed by atoms with van der Waals surface area (Å²) in [5, 5.41) is 3.41. The van der Waals surface area contributed by atoms with Crippen molar-refractivity contribution in [3.63, 3.8) is 0 Å². The molecule has 0 radical (unpaired) electrons. The number of terminal acetylenes is 1. The first kappa shape index (κ1) is 13.8. The van der Waals surface area contributed by atoms with Crippen molar-refractivity contribution in [2.45, 2.75) is 13.8 Å². The van der Waals surface area contributed by atoms with Crippen LogP contribution < -0.4 is 11.1 Å². The van der Waals surface area contributed by atoms with Crippen LogP contribution in [0.1, 0.15) is 13.8 Å². The molecule has 2 nitrogen and oxygen atoms in total. The fourth-order valence-corrected chi connectivity index (χ4v) is 1.70. The van der Waals surface area contributed by atoms with Gasteiger partial charge >= 0.3 is 0 Å². The molecule has 1 unspecified atom stereocenters. The van der Waals surface area contributed by atoms with Crippen LogP contribution >= 0.6 is 11.8 Å². The maximum atomic E-state index is 5.66. The molecule has 0 saturated carbocycles. The third-order valence-electron chi connectivity index (χ3n) is 2.26. The van der Waals surface area contributed by atoms with Crippen LogP contribution in [-0.2, 0) is 0 Å². The number of rotatable bonds is 8. The van der Waals surface area contributed by atoms with Gasteiger partial charge in [-0.15, -0.1) is 18.2 Å². The Labute approximate surface area is 92.4 Å². The van der Waals surface area contributed by atoms with E-state index in [1.165, 1.54) is 0 Å². The molecule has 0 aliphatic rings. The Hall–Kier alpha value is -0.170. The minimum absolute atomic E-state index is 0.590. The zero-order chi connectivity index (χ0) is 10.8. The summed E-state index contributed by atoms with van der Waals surface area (Å²) in [5.74, 6) is 5.76. The molecular weight excluding hydrogens is 192 g/mol.